The number of nitriles is 1. The van der Waals surface area contributed by atoms with E-state index in [2.05, 4.69) is 55.4 Å². The van der Waals surface area contributed by atoms with E-state index in [-0.39, 0.29) is 5.57 Å². The summed E-state index contributed by atoms with van der Waals surface area (Å²) in [5, 5.41) is 22.4. The summed E-state index contributed by atoms with van der Waals surface area (Å²) < 4.78 is 3.68. The van der Waals surface area contributed by atoms with Crippen molar-refractivity contribution in [2.45, 2.75) is 32.9 Å². The molecular formula is C19H22IN8OP. The molecule has 2 aromatic rings. The fourth-order valence-electron chi connectivity index (χ4n) is 3.32. The quantitative estimate of drug-likeness (QED) is 0.0972. The lowest BCUT2D eigenvalue weighted by molar-refractivity contribution is -0.104. The van der Waals surface area contributed by atoms with Crippen molar-refractivity contribution in [1.29, 1.82) is 5.26 Å². The number of carbonyl (C=O) groups is 1. The summed E-state index contributed by atoms with van der Waals surface area (Å²) in [4.78, 5) is 17.8. The summed E-state index contributed by atoms with van der Waals surface area (Å²) in [7, 11) is 1.84. The Bertz CT molecular complexity index is 1010. The van der Waals surface area contributed by atoms with Crippen LogP contribution in [-0.4, -0.2) is 55.8 Å². The predicted octanol–water partition coefficient (Wildman–Crippen LogP) is 2.48. The Labute approximate surface area is 190 Å². The Morgan fingerprint density at radius 2 is 2.37 bits per heavy atom. The molecule has 0 saturated carbocycles. The molecule has 3 rings (SSSR count). The summed E-state index contributed by atoms with van der Waals surface area (Å²) in [5.41, 5.74) is 4.69. The van der Waals surface area contributed by atoms with Crippen LogP contribution < -0.4 is 0 Å². The van der Waals surface area contributed by atoms with Crippen molar-refractivity contribution < 1.29 is 4.79 Å². The summed E-state index contributed by atoms with van der Waals surface area (Å²) in [6.45, 7) is 3.83. The number of hydrazone groups is 1. The van der Waals surface area contributed by atoms with Crippen LogP contribution in [0.3, 0.4) is 0 Å². The maximum Gasteiger partial charge on any atom is 0.162 e. The molecule has 0 radical (unpaired) electrons. The van der Waals surface area contributed by atoms with Gasteiger partial charge < -0.3 is 4.90 Å². The van der Waals surface area contributed by atoms with E-state index in [0.717, 1.165) is 29.1 Å². The molecule has 0 aromatic carbocycles. The Hall–Kier alpha value is -2.38. The van der Waals surface area contributed by atoms with Gasteiger partial charge >= 0.3 is 0 Å². The number of halogens is 1. The smallest absolute Gasteiger partial charge is 0.162 e. The molecule has 0 bridgehead atoms. The highest BCUT2D eigenvalue weighted by atomic mass is 127. The van der Waals surface area contributed by atoms with Crippen molar-refractivity contribution in [2.24, 2.45) is 5.10 Å². The van der Waals surface area contributed by atoms with E-state index in [1.165, 1.54) is 0 Å². The van der Waals surface area contributed by atoms with Crippen molar-refractivity contribution >= 4 is 40.9 Å². The van der Waals surface area contributed by atoms with Crippen LogP contribution in [0.25, 0.3) is 0 Å². The molecule has 1 unspecified atom stereocenters. The van der Waals surface area contributed by atoms with E-state index < -0.39 is 0 Å². The van der Waals surface area contributed by atoms with Gasteiger partial charge in [0, 0.05) is 31.9 Å². The molecule has 0 saturated heterocycles. The second-order valence-electron chi connectivity index (χ2n) is 6.66. The third-order valence-electron chi connectivity index (χ3n) is 4.85. The summed E-state index contributed by atoms with van der Waals surface area (Å²) >= 11 is 2.22. The lowest BCUT2D eigenvalue weighted by Gasteiger charge is -2.29. The zero-order chi connectivity index (χ0) is 21.5. The number of carbonyl (C=O) groups excluding carboxylic acids is 1. The molecule has 9 nitrogen and oxygen atoms in total. The number of hydrogen-bond acceptors (Lipinski definition) is 8. The number of aldehydes is 1. The second-order valence-corrected chi connectivity index (χ2v) is 8.92. The molecule has 0 N–H and O–H groups in total. The molecule has 30 heavy (non-hydrogen) atoms. The van der Waals surface area contributed by atoms with Crippen LogP contribution in [0.5, 0.6) is 0 Å². The van der Waals surface area contributed by atoms with Crippen molar-refractivity contribution in [3.05, 3.63) is 52.2 Å². The molecule has 1 aliphatic rings. The molecule has 11 heteroatoms. The van der Waals surface area contributed by atoms with E-state index in [4.69, 9.17) is 0 Å². The minimum atomic E-state index is 0.0581. The zero-order valence-electron chi connectivity index (χ0n) is 16.8. The molecule has 1 aliphatic heterocycles. The minimum absolute atomic E-state index is 0.0581. The van der Waals surface area contributed by atoms with Crippen LogP contribution in [0.2, 0.25) is 0 Å². The fourth-order valence-corrected chi connectivity index (χ4v) is 3.80. The molecule has 0 fully saturated rings. The van der Waals surface area contributed by atoms with Crippen molar-refractivity contribution in [3.8, 4) is 6.07 Å². The summed E-state index contributed by atoms with van der Waals surface area (Å²) in [6, 6.07) is 5.98. The topological polar surface area (TPSA) is 103 Å². The molecule has 1 atom stereocenters. The molecule has 2 aromatic heterocycles. The summed E-state index contributed by atoms with van der Waals surface area (Å²) in [5.74, 6) is 0. The highest BCUT2D eigenvalue weighted by Crippen LogP contribution is 2.26. The van der Waals surface area contributed by atoms with Crippen LogP contribution in [-0.2, 0) is 30.7 Å². The molecular weight excluding hydrogens is 514 g/mol. The number of hydrogen-bond donors (Lipinski definition) is 0. The SMILES string of the molecule is CCc1ncccc1Cn1nnc2c1CCN(/C(C=NN(C)PI)=C(\C#N)C=O)C2. The Morgan fingerprint density at radius 1 is 1.53 bits per heavy atom. The lowest BCUT2D eigenvalue weighted by atomic mass is 10.1. The monoisotopic (exact) mass is 536 g/mol. The number of aromatic nitrogens is 4. The number of fused-ring (bicyclic) bond motifs is 1. The van der Waals surface area contributed by atoms with Gasteiger partial charge in [-0.2, -0.15) is 10.4 Å². The number of nitrogens with zero attached hydrogens (tertiary/aromatic N) is 8. The van der Waals surface area contributed by atoms with Gasteiger partial charge in [-0.25, -0.2) is 4.68 Å². The third kappa shape index (κ3) is 5.02. The van der Waals surface area contributed by atoms with Crippen molar-refractivity contribution in [1.82, 2.24) is 29.7 Å². The predicted molar refractivity (Wildman–Crippen MR) is 124 cm³/mol. The third-order valence-corrected chi connectivity index (χ3v) is 7.30. The maximum absolute atomic E-state index is 11.4. The van der Waals surface area contributed by atoms with Gasteiger partial charge in [0.2, 0.25) is 0 Å². The molecule has 0 amide bonds. The Balaban J connectivity index is 1.85. The van der Waals surface area contributed by atoms with Gasteiger partial charge in [-0.3, -0.25) is 14.6 Å². The number of rotatable bonds is 8. The number of allylic oxidation sites excluding steroid dienone is 2. The van der Waals surface area contributed by atoms with Gasteiger partial charge in [0.25, 0.3) is 0 Å². The average Bonchev–Trinajstić information content (AvgIpc) is 3.18. The van der Waals surface area contributed by atoms with Crippen LogP contribution >= 0.6 is 28.4 Å². The van der Waals surface area contributed by atoms with Crippen LogP contribution in [0.4, 0.5) is 0 Å². The van der Waals surface area contributed by atoms with Gasteiger partial charge in [-0.15, -0.1) is 5.10 Å². The van der Waals surface area contributed by atoms with Gasteiger partial charge in [-0.1, -0.05) is 18.2 Å². The second kappa shape index (κ2) is 10.6. The molecule has 0 spiro atoms. The highest BCUT2D eigenvalue weighted by molar-refractivity contribution is 14.2. The average molecular weight is 536 g/mol. The van der Waals surface area contributed by atoms with Gasteiger partial charge in [0.15, 0.2) is 6.29 Å². The van der Waals surface area contributed by atoms with Gasteiger partial charge in [0.05, 0.1) is 37.1 Å². The van der Waals surface area contributed by atoms with Crippen LogP contribution in [0.1, 0.15) is 29.6 Å². The first-order valence-corrected chi connectivity index (χ1v) is 13.5. The minimum Gasteiger partial charge on any atom is -0.363 e. The standard InChI is InChI=1S/C19H22IN8OP/c1-3-16-14(5-4-7-22-16)11-28-18-6-8-27(12-17(18)24-25-28)19(15(9-21)13-29)10-23-26(2)30-20/h4-5,7,10,13,30H,3,6,8,11-12H2,1-2H3/b19-15+,23-10?. The Kier molecular flexibility index (Phi) is 7.87. The number of aryl methyl sites for hydroxylation is 1. The first-order chi connectivity index (χ1) is 14.6. The number of pyridine rings is 1. The highest BCUT2D eigenvalue weighted by Gasteiger charge is 2.25. The normalized spacial score (nSPS) is 14.7. The van der Waals surface area contributed by atoms with Crippen molar-refractivity contribution in [2.75, 3.05) is 13.6 Å². The van der Waals surface area contributed by atoms with Gasteiger partial charge in [-0.05, 0) is 40.1 Å². The Morgan fingerprint density at radius 3 is 3.07 bits per heavy atom. The maximum atomic E-state index is 11.4. The van der Waals surface area contributed by atoms with Crippen molar-refractivity contribution in [3.63, 3.8) is 0 Å². The van der Waals surface area contributed by atoms with Crippen LogP contribution in [0.15, 0.2) is 34.7 Å². The molecule has 3 heterocycles. The van der Waals surface area contributed by atoms with E-state index >= 15 is 0 Å². The first kappa shape index (κ1) is 22.3. The van der Waals surface area contributed by atoms with E-state index in [0.29, 0.717) is 44.4 Å². The first-order valence-electron chi connectivity index (χ1n) is 9.43. The van der Waals surface area contributed by atoms with E-state index in [1.807, 2.05) is 35.0 Å². The van der Waals surface area contributed by atoms with Gasteiger partial charge in [0.1, 0.15) is 17.3 Å². The van der Waals surface area contributed by atoms with Crippen LogP contribution in [0, 0.1) is 11.3 Å². The summed E-state index contributed by atoms with van der Waals surface area (Å²) in [6.07, 6.45) is 6.00. The van der Waals surface area contributed by atoms with E-state index in [9.17, 15) is 10.1 Å². The zero-order valence-corrected chi connectivity index (χ0v) is 19.9. The lowest BCUT2D eigenvalue weighted by Crippen LogP contribution is -2.32. The fraction of sp³-hybridized carbons (Fsp3) is 0.368. The largest absolute Gasteiger partial charge is 0.363 e. The van der Waals surface area contributed by atoms with E-state index in [1.54, 1.807) is 11.0 Å². The molecule has 0 aliphatic carbocycles. The molecule has 156 valence electrons.